The van der Waals surface area contributed by atoms with Gasteiger partial charge in [-0.2, -0.15) is 6.07 Å². The van der Waals surface area contributed by atoms with Crippen LogP contribution in [0.2, 0.25) is 13.1 Å². The van der Waals surface area contributed by atoms with Crippen LogP contribution in [0.1, 0.15) is 26.3 Å². The number of fused-ring (bicyclic) bond motifs is 5. The molecule has 0 amide bonds. The van der Waals surface area contributed by atoms with Gasteiger partial charge < -0.3 is 20.6 Å². The van der Waals surface area contributed by atoms with E-state index in [-0.39, 0.29) is 42.1 Å². The second-order valence-electron chi connectivity index (χ2n) is 7.32. The van der Waals surface area contributed by atoms with Crippen molar-refractivity contribution in [1.82, 2.24) is 0 Å². The summed E-state index contributed by atoms with van der Waals surface area (Å²) in [5.74, 6) is 0. The molecule has 0 aliphatic heterocycles. The number of nitrogens with one attached hydrogen (secondary N) is 1. The summed E-state index contributed by atoms with van der Waals surface area (Å²) >= 11 is 1.89. The van der Waals surface area contributed by atoms with Crippen LogP contribution in [0.15, 0.2) is 48.5 Å². The summed E-state index contributed by atoms with van der Waals surface area (Å²) in [6, 6.07) is 17.7. The van der Waals surface area contributed by atoms with Crippen molar-refractivity contribution in [2.45, 2.75) is 46.3 Å². The Bertz CT molecular complexity index is 957. The molecule has 0 bridgehead atoms. The van der Waals surface area contributed by atoms with Gasteiger partial charge in [0.05, 0.1) is 0 Å². The van der Waals surface area contributed by atoms with Gasteiger partial charge in [0, 0.05) is 14.2 Å². The third kappa shape index (κ3) is 7.88. The predicted molar refractivity (Wildman–Crippen MR) is 132 cm³/mol. The Morgan fingerprint density at radius 2 is 1.50 bits per heavy atom. The summed E-state index contributed by atoms with van der Waals surface area (Å²) in [5.41, 5.74) is 8.04. The van der Waals surface area contributed by atoms with Gasteiger partial charge in [0.25, 0.3) is 0 Å². The summed E-state index contributed by atoms with van der Waals surface area (Å²) in [6.45, 7) is 12.0. The van der Waals surface area contributed by atoms with E-state index in [1.54, 1.807) is 0 Å². The molecule has 148 valence electrons. The number of hydrogen-bond acceptors (Lipinski definition) is 1. The molecule has 1 aromatic heterocycles. The molecule has 0 unspecified atom stereocenters. The van der Waals surface area contributed by atoms with E-state index < -0.39 is 0 Å². The number of thiophene rings is 1. The van der Waals surface area contributed by atoms with Crippen LogP contribution in [0, 0.1) is 21.8 Å². The zero-order valence-corrected chi connectivity index (χ0v) is 21.9. The maximum Gasteiger partial charge on any atom is 4.00 e. The van der Waals surface area contributed by atoms with E-state index >= 15 is 0 Å². The number of hydrogen-bond donors (Lipinski definition) is 0. The molecule has 0 aliphatic rings. The van der Waals surface area contributed by atoms with Crippen LogP contribution >= 0.6 is 11.3 Å². The van der Waals surface area contributed by atoms with Crippen LogP contribution in [0.3, 0.4) is 0 Å². The van der Waals surface area contributed by atoms with E-state index in [4.69, 9.17) is 5.73 Å². The molecule has 4 heteroatoms. The largest absolute Gasteiger partial charge is 4.00 e. The first-order chi connectivity index (χ1) is 11.7. The van der Waals surface area contributed by atoms with Gasteiger partial charge in [0.15, 0.2) is 0 Å². The molecule has 1 heterocycles. The van der Waals surface area contributed by atoms with Gasteiger partial charge in [-0.3, -0.25) is 0 Å². The average molecular weight is 444 g/mol. The topological polar surface area (TPSA) is 23.8 Å². The molecule has 3 aromatic carbocycles. The Balaban J connectivity index is 0. The number of aryl methyl sites for hydroxylation is 1. The van der Waals surface area contributed by atoms with Crippen molar-refractivity contribution in [3.05, 3.63) is 74.7 Å². The minimum Gasteiger partial charge on any atom is -0.673 e. The van der Waals surface area contributed by atoms with Gasteiger partial charge in [0.2, 0.25) is 0 Å². The molecule has 0 atom stereocenters. The second-order valence-corrected chi connectivity index (χ2v) is 9.41. The predicted octanol–water partition coefficient (Wildman–Crippen LogP) is 8.76. The SMILES string of the molecule is CC(C)(C)[NH-].C[Si]C.Cc1cc2ccc3sc4ccccc4c3c2[cH-]1.[CH3-].[CH3-].[Ti+4]. The molecular formula is C24H33NSSiTi. The minimum atomic E-state index is -0.250. The van der Waals surface area contributed by atoms with E-state index in [0.717, 1.165) is 9.52 Å². The number of rotatable bonds is 0. The Kier molecular flexibility index (Phi) is 13.3. The molecule has 28 heavy (non-hydrogen) atoms. The van der Waals surface area contributed by atoms with Gasteiger partial charge in [-0.25, -0.2) is 0 Å². The fraction of sp³-hybridized carbons (Fsp3) is 0.292. The smallest absolute Gasteiger partial charge is 0.673 e. The van der Waals surface area contributed by atoms with Crippen molar-refractivity contribution in [2.75, 3.05) is 0 Å². The molecule has 0 spiro atoms. The van der Waals surface area contributed by atoms with E-state index in [9.17, 15) is 0 Å². The van der Waals surface area contributed by atoms with E-state index in [1.807, 2.05) is 32.1 Å². The average Bonchev–Trinajstić information content (AvgIpc) is 3.05. The summed E-state index contributed by atoms with van der Waals surface area (Å²) in [7, 11) is 1.08. The Hall–Kier alpha value is -0.839. The van der Waals surface area contributed by atoms with Crippen molar-refractivity contribution in [3.63, 3.8) is 0 Å². The van der Waals surface area contributed by atoms with Gasteiger partial charge in [-0.1, -0.05) is 70.4 Å². The first-order valence-electron chi connectivity index (χ1n) is 8.55. The van der Waals surface area contributed by atoms with E-state index in [0.29, 0.717) is 0 Å². The van der Waals surface area contributed by atoms with Gasteiger partial charge in [-0.05, 0) is 16.2 Å². The third-order valence-corrected chi connectivity index (χ3v) is 4.51. The normalized spacial score (nSPS) is 9.96. The molecule has 2 radical (unpaired) electrons. The van der Waals surface area contributed by atoms with Crippen LogP contribution in [-0.4, -0.2) is 15.1 Å². The van der Waals surface area contributed by atoms with Crippen LogP contribution < -0.4 is 0 Å². The second kappa shape index (κ2) is 12.7. The monoisotopic (exact) mass is 443 g/mol. The molecule has 1 N–H and O–H groups in total. The quantitative estimate of drug-likeness (QED) is 0.192. The number of benzene rings is 2. The summed E-state index contributed by atoms with van der Waals surface area (Å²) in [5, 5.41) is 5.58. The maximum absolute atomic E-state index is 6.94. The molecule has 4 aromatic rings. The fourth-order valence-corrected chi connectivity index (χ4v) is 3.78. The Labute approximate surface area is 193 Å². The molecule has 1 nitrogen and oxygen atoms in total. The fourth-order valence-electron chi connectivity index (χ4n) is 2.66. The maximum atomic E-state index is 6.94. The first-order valence-corrected chi connectivity index (χ1v) is 11.4. The standard InChI is InChI=1S/C16H11S.C4H10N.C2H6Si.2CH3.Ti/c1-10-8-11-6-7-15-16(13(11)9-10)12-4-2-3-5-14(12)17-15;1-4(2,3)5;1-3-2;;;/h2-9H,1H3;5H,1-3H3;1-2H3;2*1H3;/q2*-1;;2*-1;+4. The zero-order chi connectivity index (χ0) is 18.6. The molecule has 0 saturated carbocycles. The summed E-state index contributed by atoms with van der Waals surface area (Å²) < 4.78 is 2.78. The first kappa shape index (κ1) is 29.4. The summed E-state index contributed by atoms with van der Waals surface area (Å²) in [6.07, 6.45) is 0. The van der Waals surface area contributed by atoms with Crippen molar-refractivity contribution >= 4 is 51.8 Å². The molecule has 0 aliphatic carbocycles. The summed E-state index contributed by atoms with van der Waals surface area (Å²) in [4.78, 5) is 0. The van der Waals surface area contributed by atoms with Crippen LogP contribution in [0.5, 0.6) is 0 Å². The van der Waals surface area contributed by atoms with E-state index in [2.05, 4.69) is 68.5 Å². The van der Waals surface area contributed by atoms with Gasteiger partial charge >= 0.3 is 21.7 Å². The molecule has 0 fully saturated rings. The molecule has 4 rings (SSSR count). The molecular weight excluding hydrogens is 410 g/mol. The van der Waals surface area contributed by atoms with Gasteiger partial charge in [0.1, 0.15) is 0 Å². The van der Waals surface area contributed by atoms with Crippen LogP contribution in [0.4, 0.5) is 0 Å². The van der Waals surface area contributed by atoms with Crippen molar-refractivity contribution in [2.24, 2.45) is 0 Å². The van der Waals surface area contributed by atoms with Crippen LogP contribution in [0.25, 0.3) is 36.7 Å². The zero-order valence-electron chi connectivity index (χ0n) is 18.5. The van der Waals surface area contributed by atoms with Crippen molar-refractivity contribution in [3.8, 4) is 0 Å². The van der Waals surface area contributed by atoms with Gasteiger partial charge in [-0.15, -0.1) is 45.3 Å². The van der Waals surface area contributed by atoms with Crippen molar-refractivity contribution < 1.29 is 21.7 Å². The Morgan fingerprint density at radius 3 is 2.07 bits per heavy atom. The molecule has 0 saturated heterocycles. The Morgan fingerprint density at radius 1 is 0.964 bits per heavy atom. The third-order valence-electron chi connectivity index (χ3n) is 3.37. The minimum absolute atomic E-state index is 0. The van der Waals surface area contributed by atoms with Crippen LogP contribution in [-0.2, 0) is 21.7 Å². The van der Waals surface area contributed by atoms with Crippen molar-refractivity contribution in [1.29, 1.82) is 0 Å². The van der Waals surface area contributed by atoms with E-state index in [1.165, 1.54) is 36.5 Å².